The van der Waals surface area contributed by atoms with Crippen LogP contribution in [0.1, 0.15) is 19.4 Å². The molecule has 16 heavy (non-hydrogen) atoms. The third kappa shape index (κ3) is 2.25. The van der Waals surface area contributed by atoms with Gasteiger partial charge in [0.25, 0.3) is 0 Å². The Morgan fingerprint density at radius 1 is 1.00 bits per heavy atom. The fourth-order valence-corrected chi connectivity index (χ4v) is 2.01. The molecule has 1 radical (unpaired) electrons. The molecule has 0 saturated carbocycles. The third-order valence-electron chi connectivity index (χ3n) is 2.94. The summed E-state index contributed by atoms with van der Waals surface area (Å²) in [5.41, 5.74) is 1.11. The molecule has 0 aliphatic heterocycles. The van der Waals surface area contributed by atoms with Crippen LogP contribution in [0.25, 0.3) is 10.8 Å². The van der Waals surface area contributed by atoms with Gasteiger partial charge < -0.3 is 0 Å². The van der Waals surface area contributed by atoms with Crippen molar-refractivity contribution in [3.05, 3.63) is 48.0 Å². The van der Waals surface area contributed by atoms with Crippen molar-refractivity contribution < 1.29 is 5.11 Å². The van der Waals surface area contributed by atoms with Gasteiger partial charge >= 0.3 is 0 Å². The quantitative estimate of drug-likeness (QED) is 0.738. The fraction of sp³-hybridized carbons (Fsp3) is 0.333. The number of hydrogen-bond donors (Lipinski definition) is 0. The zero-order valence-corrected chi connectivity index (χ0v) is 9.86. The summed E-state index contributed by atoms with van der Waals surface area (Å²) in [7, 11) is 0. The lowest BCUT2D eigenvalue weighted by Gasteiger charge is -2.21. The van der Waals surface area contributed by atoms with E-state index < -0.39 is 0 Å². The first-order valence-corrected chi connectivity index (χ1v) is 5.67. The van der Waals surface area contributed by atoms with Crippen molar-refractivity contribution in [2.75, 3.05) is 6.61 Å². The molecular formula is C15H17O. The van der Waals surface area contributed by atoms with Crippen LogP contribution in [-0.2, 0) is 11.5 Å². The highest BCUT2D eigenvalue weighted by Crippen LogP contribution is 2.26. The topological polar surface area (TPSA) is 19.9 Å². The van der Waals surface area contributed by atoms with Crippen LogP contribution in [-0.4, -0.2) is 6.61 Å². The Hall–Kier alpha value is -1.34. The molecule has 83 valence electrons. The predicted octanol–water partition coefficient (Wildman–Crippen LogP) is 3.84. The van der Waals surface area contributed by atoms with Crippen LogP contribution >= 0.6 is 0 Å². The Kier molecular flexibility index (Phi) is 2.97. The molecule has 0 N–H and O–H groups in total. The second kappa shape index (κ2) is 4.26. The summed E-state index contributed by atoms with van der Waals surface area (Å²) in [5.74, 6) is 0. The number of rotatable bonds is 3. The van der Waals surface area contributed by atoms with Crippen LogP contribution in [0.4, 0.5) is 0 Å². The molecule has 0 atom stereocenters. The first-order valence-electron chi connectivity index (χ1n) is 5.67. The summed E-state index contributed by atoms with van der Waals surface area (Å²) in [6.07, 6.45) is 0.845. The van der Waals surface area contributed by atoms with Gasteiger partial charge in [-0.1, -0.05) is 56.3 Å². The van der Waals surface area contributed by atoms with Gasteiger partial charge in [-0.3, -0.25) is 0 Å². The molecule has 0 amide bonds. The highest BCUT2D eigenvalue weighted by molar-refractivity contribution is 5.85. The van der Waals surface area contributed by atoms with E-state index in [4.69, 9.17) is 0 Å². The second-order valence-electron chi connectivity index (χ2n) is 5.12. The van der Waals surface area contributed by atoms with E-state index >= 15 is 0 Å². The average molecular weight is 213 g/mol. The Labute approximate surface area is 96.7 Å². The zero-order valence-electron chi connectivity index (χ0n) is 9.86. The predicted molar refractivity (Wildman–Crippen MR) is 67.0 cm³/mol. The van der Waals surface area contributed by atoms with E-state index in [9.17, 15) is 5.11 Å². The molecule has 0 aromatic heterocycles. The van der Waals surface area contributed by atoms with Crippen molar-refractivity contribution in [1.29, 1.82) is 0 Å². The zero-order chi connectivity index (χ0) is 11.6. The molecule has 2 aromatic carbocycles. The monoisotopic (exact) mass is 213 g/mol. The van der Waals surface area contributed by atoms with Crippen LogP contribution in [0.2, 0.25) is 0 Å². The molecule has 0 aliphatic rings. The van der Waals surface area contributed by atoms with E-state index in [1.54, 1.807) is 0 Å². The molecule has 0 fully saturated rings. The van der Waals surface area contributed by atoms with Crippen LogP contribution in [0.3, 0.4) is 0 Å². The Balaban J connectivity index is 2.45. The average Bonchev–Trinajstić information content (AvgIpc) is 2.29. The largest absolute Gasteiger partial charge is 0.236 e. The second-order valence-corrected chi connectivity index (χ2v) is 5.12. The fourth-order valence-electron chi connectivity index (χ4n) is 2.01. The molecule has 0 bridgehead atoms. The van der Waals surface area contributed by atoms with Gasteiger partial charge in [0.1, 0.15) is 0 Å². The van der Waals surface area contributed by atoms with E-state index in [2.05, 4.69) is 36.4 Å². The maximum Gasteiger partial charge on any atom is 0.0876 e. The number of benzene rings is 2. The van der Waals surface area contributed by atoms with Crippen molar-refractivity contribution in [1.82, 2.24) is 0 Å². The Morgan fingerprint density at radius 3 is 2.44 bits per heavy atom. The Morgan fingerprint density at radius 2 is 1.69 bits per heavy atom. The summed E-state index contributed by atoms with van der Waals surface area (Å²) in [5, 5.41) is 13.6. The summed E-state index contributed by atoms with van der Waals surface area (Å²) in [6.45, 7) is 4.03. The van der Waals surface area contributed by atoms with Crippen LogP contribution in [0, 0.1) is 5.41 Å². The molecule has 0 unspecified atom stereocenters. The van der Waals surface area contributed by atoms with Gasteiger partial charge in [0.2, 0.25) is 0 Å². The summed E-state index contributed by atoms with van der Waals surface area (Å²) < 4.78 is 0. The van der Waals surface area contributed by atoms with Gasteiger partial charge in [-0.2, -0.15) is 0 Å². The molecule has 0 heterocycles. The van der Waals surface area contributed by atoms with Gasteiger partial charge in [0, 0.05) is 0 Å². The molecule has 0 spiro atoms. The molecule has 2 rings (SSSR count). The van der Waals surface area contributed by atoms with Crippen molar-refractivity contribution in [2.45, 2.75) is 20.3 Å². The van der Waals surface area contributed by atoms with E-state index in [0.29, 0.717) is 0 Å². The SMILES string of the molecule is CC(C)(C[O])Cc1cccc2ccccc12. The summed E-state index contributed by atoms with van der Waals surface area (Å²) in [4.78, 5) is 0. The lowest BCUT2D eigenvalue weighted by molar-refractivity contribution is 0.0935. The summed E-state index contributed by atoms with van der Waals surface area (Å²) in [6, 6.07) is 14.6. The van der Waals surface area contributed by atoms with Gasteiger partial charge in [-0.05, 0) is 28.2 Å². The molecule has 0 aliphatic carbocycles. The van der Waals surface area contributed by atoms with E-state index in [1.165, 1.54) is 16.3 Å². The minimum Gasteiger partial charge on any atom is -0.236 e. The molecule has 1 heteroatoms. The smallest absolute Gasteiger partial charge is 0.0876 e. The van der Waals surface area contributed by atoms with Crippen LogP contribution < -0.4 is 0 Å². The first kappa shape index (κ1) is 11.2. The molecule has 1 nitrogen and oxygen atoms in total. The van der Waals surface area contributed by atoms with E-state index in [0.717, 1.165) is 6.42 Å². The van der Waals surface area contributed by atoms with Gasteiger partial charge in [-0.15, -0.1) is 0 Å². The van der Waals surface area contributed by atoms with Crippen molar-refractivity contribution in [2.24, 2.45) is 5.41 Å². The number of hydrogen-bond acceptors (Lipinski definition) is 0. The first-order chi connectivity index (χ1) is 7.62. The molecule has 0 saturated heterocycles. The minimum atomic E-state index is -0.163. The van der Waals surface area contributed by atoms with Crippen LogP contribution in [0.15, 0.2) is 42.5 Å². The lowest BCUT2D eigenvalue weighted by atomic mass is 9.85. The van der Waals surface area contributed by atoms with Gasteiger partial charge in [0.05, 0.1) is 6.61 Å². The van der Waals surface area contributed by atoms with Gasteiger partial charge in [-0.25, -0.2) is 5.11 Å². The van der Waals surface area contributed by atoms with Crippen molar-refractivity contribution >= 4 is 10.8 Å². The minimum absolute atomic E-state index is 0.0315. The van der Waals surface area contributed by atoms with E-state index in [-0.39, 0.29) is 12.0 Å². The maximum atomic E-state index is 11.1. The standard InChI is InChI=1S/C15H17O/c1-15(2,11-16)10-13-8-5-7-12-6-3-4-9-14(12)13/h3-9H,10-11H2,1-2H3. The summed E-state index contributed by atoms with van der Waals surface area (Å²) >= 11 is 0. The Bertz CT molecular complexity index is 480. The third-order valence-corrected chi connectivity index (χ3v) is 2.94. The van der Waals surface area contributed by atoms with E-state index in [1.807, 2.05) is 19.9 Å². The lowest BCUT2D eigenvalue weighted by Crippen LogP contribution is -2.19. The van der Waals surface area contributed by atoms with Gasteiger partial charge in [0.15, 0.2) is 0 Å². The highest BCUT2D eigenvalue weighted by Gasteiger charge is 2.18. The van der Waals surface area contributed by atoms with Crippen LogP contribution in [0.5, 0.6) is 0 Å². The highest BCUT2D eigenvalue weighted by atomic mass is 16.3. The van der Waals surface area contributed by atoms with Crippen molar-refractivity contribution in [3.63, 3.8) is 0 Å². The van der Waals surface area contributed by atoms with Crippen molar-refractivity contribution in [3.8, 4) is 0 Å². The maximum absolute atomic E-state index is 11.1. The normalized spacial score (nSPS) is 11.9. The molecular weight excluding hydrogens is 196 g/mol. The molecule has 2 aromatic rings. The number of fused-ring (bicyclic) bond motifs is 1.